The predicted octanol–water partition coefficient (Wildman–Crippen LogP) is 11.5. The number of quaternary nitrogens is 1. The molecular formula is C49H87NO7. The molecule has 0 N–H and O–H groups in total. The highest BCUT2D eigenvalue weighted by molar-refractivity contribution is 5.70. The number of carboxylic acids is 1. The summed E-state index contributed by atoms with van der Waals surface area (Å²) in [7, 11) is 5.40. The first-order chi connectivity index (χ1) is 27.6. The third-order valence-electron chi connectivity index (χ3n) is 10.2. The predicted molar refractivity (Wildman–Crippen MR) is 236 cm³/mol. The fourth-order valence-electron chi connectivity index (χ4n) is 6.65. The largest absolute Gasteiger partial charge is 0.544 e. The molecule has 0 saturated carbocycles. The van der Waals surface area contributed by atoms with Crippen molar-refractivity contribution in [1.82, 2.24) is 0 Å². The molecule has 8 nitrogen and oxygen atoms in total. The SMILES string of the molecule is CC/C=C/C/C=C/C/C=C/C/C=C/CCCCCCCCCC(=O)OC(COCCC(C(=O)[O-])[N+](C)(C)C)COC(=O)CCCCCCCCCCCCCCC. The number of rotatable bonds is 41. The van der Waals surface area contributed by atoms with Crippen molar-refractivity contribution in [3.63, 3.8) is 0 Å². The van der Waals surface area contributed by atoms with Gasteiger partial charge in [0, 0.05) is 19.3 Å². The summed E-state index contributed by atoms with van der Waals surface area (Å²) in [5.41, 5.74) is 0. The molecule has 8 heteroatoms. The summed E-state index contributed by atoms with van der Waals surface area (Å²) in [4.78, 5) is 36.9. The van der Waals surface area contributed by atoms with Crippen molar-refractivity contribution < 1.29 is 38.2 Å². The van der Waals surface area contributed by atoms with Crippen LogP contribution in [0.25, 0.3) is 0 Å². The highest BCUT2D eigenvalue weighted by Crippen LogP contribution is 2.15. The van der Waals surface area contributed by atoms with E-state index in [0.29, 0.717) is 12.8 Å². The van der Waals surface area contributed by atoms with Gasteiger partial charge >= 0.3 is 11.9 Å². The fourth-order valence-corrected chi connectivity index (χ4v) is 6.65. The quantitative estimate of drug-likeness (QED) is 0.0262. The number of esters is 2. The van der Waals surface area contributed by atoms with E-state index in [1.54, 1.807) is 21.1 Å². The first kappa shape index (κ1) is 54.3. The van der Waals surface area contributed by atoms with Gasteiger partial charge in [0.2, 0.25) is 0 Å². The van der Waals surface area contributed by atoms with E-state index in [0.717, 1.165) is 77.0 Å². The van der Waals surface area contributed by atoms with Crippen LogP contribution in [0.2, 0.25) is 0 Å². The Morgan fingerprint density at radius 1 is 0.544 bits per heavy atom. The maximum atomic E-state index is 12.7. The highest BCUT2D eigenvalue weighted by Gasteiger charge is 2.25. The van der Waals surface area contributed by atoms with Crippen LogP contribution in [0.5, 0.6) is 0 Å². The summed E-state index contributed by atoms with van der Waals surface area (Å²) in [6, 6.07) is -0.727. The first-order valence-electron chi connectivity index (χ1n) is 23.2. The molecule has 0 aromatic carbocycles. The maximum Gasteiger partial charge on any atom is 0.306 e. The maximum absolute atomic E-state index is 12.7. The normalized spacial score (nSPS) is 13.4. The molecule has 0 fully saturated rings. The summed E-state index contributed by atoms with van der Waals surface area (Å²) in [5.74, 6) is -1.74. The molecule has 0 aliphatic heterocycles. The zero-order valence-corrected chi connectivity index (χ0v) is 37.5. The Balaban J connectivity index is 4.32. The molecule has 0 rings (SSSR count). The number of likely N-dealkylation sites (N-methyl/N-ethyl adjacent to an activating group) is 1. The van der Waals surface area contributed by atoms with E-state index < -0.39 is 18.1 Å². The van der Waals surface area contributed by atoms with Crippen LogP contribution in [0.3, 0.4) is 0 Å². The molecule has 0 aliphatic carbocycles. The molecule has 0 aromatic rings. The van der Waals surface area contributed by atoms with Crippen molar-refractivity contribution in [1.29, 1.82) is 0 Å². The molecule has 0 spiro atoms. The summed E-state index contributed by atoms with van der Waals surface area (Å²) in [6.45, 7) is 4.54. The molecule has 330 valence electrons. The van der Waals surface area contributed by atoms with Crippen molar-refractivity contribution in [2.45, 2.75) is 206 Å². The van der Waals surface area contributed by atoms with Crippen molar-refractivity contribution >= 4 is 17.9 Å². The lowest BCUT2D eigenvalue weighted by atomic mass is 10.0. The van der Waals surface area contributed by atoms with Gasteiger partial charge < -0.3 is 28.6 Å². The summed E-state index contributed by atoms with van der Waals surface area (Å²) in [5, 5.41) is 11.6. The first-order valence-corrected chi connectivity index (χ1v) is 23.2. The second-order valence-electron chi connectivity index (χ2n) is 16.6. The Morgan fingerprint density at radius 2 is 0.982 bits per heavy atom. The van der Waals surface area contributed by atoms with Crippen LogP contribution in [0.4, 0.5) is 0 Å². The van der Waals surface area contributed by atoms with Gasteiger partial charge in [0.15, 0.2) is 6.10 Å². The van der Waals surface area contributed by atoms with E-state index in [1.165, 1.54) is 83.5 Å². The van der Waals surface area contributed by atoms with E-state index in [-0.39, 0.29) is 42.7 Å². The number of ether oxygens (including phenoxy) is 3. The number of carboxylic acid groups (broad SMARTS) is 1. The number of allylic oxidation sites excluding steroid dienone is 8. The van der Waals surface area contributed by atoms with Crippen LogP contribution < -0.4 is 5.11 Å². The van der Waals surface area contributed by atoms with Crippen LogP contribution in [-0.2, 0) is 28.6 Å². The third-order valence-corrected chi connectivity index (χ3v) is 10.2. The average molecular weight is 802 g/mol. The number of hydrogen-bond acceptors (Lipinski definition) is 7. The van der Waals surface area contributed by atoms with Gasteiger partial charge in [-0.2, -0.15) is 0 Å². The Hall–Kier alpha value is -2.71. The van der Waals surface area contributed by atoms with E-state index in [9.17, 15) is 19.5 Å². The number of unbranched alkanes of at least 4 members (excludes halogenated alkanes) is 19. The number of carbonyl (C=O) groups is 3. The van der Waals surface area contributed by atoms with Crippen molar-refractivity contribution in [3.05, 3.63) is 48.6 Å². The Labute approximate surface area is 350 Å². The Bertz CT molecular complexity index is 1070. The number of aliphatic carboxylic acids is 1. The van der Waals surface area contributed by atoms with Gasteiger partial charge in [-0.25, -0.2) is 0 Å². The van der Waals surface area contributed by atoms with Crippen molar-refractivity contribution in [2.24, 2.45) is 0 Å². The molecule has 0 aliphatic rings. The Morgan fingerprint density at radius 3 is 1.46 bits per heavy atom. The van der Waals surface area contributed by atoms with E-state index >= 15 is 0 Å². The molecule has 0 heterocycles. The summed E-state index contributed by atoms with van der Waals surface area (Å²) < 4.78 is 17.2. The number of nitrogens with zero attached hydrogens (tertiary/aromatic N) is 1. The minimum absolute atomic E-state index is 0.0373. The van der Waals surface area contributed by atoms with Crippen LogP contribution >= 0.6 is 0 Å². The van der Waals surface area contributed by atoms with Gasteiger partial charge in [-0.15, -0.1) is 0 Å². The molecule has 0 aromatic heterocycles. The zero-order valence-electron chi connectivity index (χ0n) is 37.5. The van der Waals surface area contributed by atoms with Gasteiger partial charge in [0.1, 0.15) is 12.6 Å². The topological polar surface area (TPSA) is 102 Å². The molecule has 2 atom stereocenters. The van der Waals surface area contributed by atoms with Gasteiger partial charge in [0.05, 0.1) is 40.3 Å². The molecular weight excluding hydrogens is 715 g/mol. The highest BCUT2D eigenvalue weighted by atomic mass is 16.6. The minimum Gasteiger partial charge on any atom is -0.544 e. The second kappa shape index (κ2) is 40.1. The summed E-state index contributed by atoms with van der Waals surface area (Å²) >= 11 is 0. The van der Waals surface area contributed by atoms with Crippen LogP contribution in [0.1, 0.15) is 194 Å². The Kier molecular flexibility index (Phi) is 38.2. The molecule has 2 unspecified atom stereocenters. The van der Waals surface area contributed by atoms with E-state index in [1.807, 2.05) is 0 Å². The number of hydrogen-bond donors (Lipinski definition) is 0. The lowest BCUT2D eigenvalue weighted by Crippen LogP contribution is -2.55. The summed E-state index contributed by atoms with van der Waals surface area (Å²) in [6.07, 6.45) is 47.0. The standard InChI is InChI=1S/C49H87NO7/c1-6-8-10-12-14-16-18-20-21-22-23-24-25-26-28-30-32-34-36-38-40-48(52)57-45(43-55-42-41-46(49(53)54)50(3,4)5)44-56-47(51)39-37-35-33-31-29-27-19-17-15-13-11-9-7-2/h8,10,14,16,20-21,23-24,45-46H,6-7,9,11-13,15,17-19,22,25-44H2,1-5H3/b10-8+,16-14+,21-20+,24-23+. The molecule has 0 bridgehead atoms. The van der Waals surface area contributed by atoms with Crippen LogP contribution in [-0.4, -0.2) is 75.5 Å². The van der Waals surface area contributed by atoms with E-state index in [2.05, 4.69) is 62.5 Å². The van der Waals surface area contributed by atoms with Crippen molar-refractivity contribution in [3.8, 4) is 0 Å². The van der Waals surface area contributed by atoms with Gasteiger partial charge in [0.25, 0.3) is 0 Å². The number of carbonyl (C=O) groups excluding carboxylic acids is 3. The fraction of sp³-hybridized carbons (Fsp3) is 0.776. The lowest BCUT2D eigenvalue weighted by molar-refractivity contribution is -0.889. The smallest absolute Gasteiger partial charge is 0.306 e. The molecule has 0 saturated heterocycles. The van der Waals surface area contributed by atoms with Crippen molar-refractivity contribution in [2.75, 3.05) is 41.0 Å². The monoisotopic (exact) mass is 802 g/mol. The van der Waals surface area contributed by atoms with Gasteiger partial charge in [-0.05, 0) is 51.4 Å². The molecule has 0 amide bonds. The molecule has 57 heavy (non-hydrogen) atoms. The minimum atomic E-state index is -1.13. The third kappa shape index (κ3) is 38.6. The van der Waals surface area contributed by atoms with Gasteiger partial charge in [-0.3, -0.25) is 9.59 Å². The van der Waals surface area contributed by atoms with Crippen LogP contribution in [0, 0.1) is 0 Å². The molecule has 0 radical (unpaired) electrons. The van der Waals surface area contributed by atoms with Gasteiger partial charge in [-0.1, -0.05) is 172 Å². The second-order valence-corrected chi connectivity index (χ2v) is 16.6. The van der Waals surface area contributed by atoms with Crippen LogP contribution in [0.15, 0.2) is 48.6 Å². The zero-order chi connectivity index (χ0) is 42.1. The lowest BCUT2D eigenvalue weighted by Gasteiger charge is -2.34. The van der Waals surface area contributed by atoms with E-state index in [4.69, 9.17) is 14.2 Å². The average Bonchev–Trinajstić information content (AvgIpc) is 3.17.